The first-order chi connectivity index (χ1) is 14.5. The Morgan fingerprint density at radius 1 is 1.13 bits per heavy atom. The molecule has 7 nitrogen and oxygen atoms in total. The van der Waals surface area contributed by atoms with E-state index in [0.29, 0.717) is 11.5 Å². The van der Waals surface area contributed by atoms with Gasteiger partial charge in [0.2, 0.25) is 0 Å². The summed E-state index contributed by atoms with van der Waals surface area (Å²) >= 11 is 1.45. The zero-order chi connectivity index (χ0) is 21.1. The van der Waals surface area contributed by atoms with Crippen LogP contribution >= 0.6 is 11.3 Å². The summed E-state index contributed by atoms with van der Waals surface area (Å²) in [5.74, 6) is 9.54. The summed E-state index contributed by atoms with van der Waals surface area (Å²) < 4.78 is 0.790. The zero-order valence-corrected chi connectivity index (χ0v) is 17.5. The lowest BCUT2D eigenvalue weighted by Gasteiger charge is -2.17. The topological polar surface area (TPSA) is 83.2 Å². The second-order valence-electron chi connectivity index (χ2n) is 6.99. The minimum absolute atomic E-state index is 0.570. The van der Waals surface area contributed by atoms with Crippen molar-refractivity contribution < 1.29 is 0 Å². The number of nitrogens with one attached hydrogen (secondary N) is 1. The Hall–Kier alpha value is -3.51. The molecule has 0 atom stereocenters. The molecule has 8 heteroatoms. The van der Waals surface area contributed by atoms with Crippen molar-refractivity contribution in [1.29, 1.82) is 0 Å². The van der Waals surface area contributed by atoms with Gasteiger partial charge in [-0.05, 0) is 50.0 Å². The van der Waals surface area contributed by atoms with E-state index in [9.17, 15) is 0 Å². The average molecular weight is 416 g/mol. The third-order valence-corrected chi connectivity index (χ3v) is 5.35. The highest BCUT2D eigenvalue weighted by Crippen LogP contribution is 2.34. The molecule has 150 valence electrons. The van der Waals surface area contributed by atoms with Crippen LogP contribution in [0.15, 0.2) is 54.9 Å². The number of hydrazine groups is 1. The third kappa shape index (κ3) is 4.23. The second-order valence-corrected chi connectivity index (χ2v) is 7.99. The zero-order valence-electron chi connectivity index (χ0n) is 16.7. The first-order valence-electron chi connectivity index (χ1n) is 9.27. The molecule has 0 amide bonds. The largest absolute Gasteiger partial charge is 0.331 e. The maximum atomic E-state index is 6.35. The molecule has 0 saturated heterocycles. The van der Waals surface area contributed by atoms with Crippen molar-refractivity contribution in [3.8, 4) is 12.3 Å². The van der Waals surface area contributed by atoms with Crippen LogP contribution in [-0.2, 0) is 6.54 Å². The van der Waals surface area contributed by atoms with Gasteiger partial charge >= 0.3 is 0 Å². The number of nitrogens with two attached hydrogens (primary N) is 1. The molecule has 30 heavy (non-hydrogen) atoms. The quantitative estimate of drug-likeness (QED) is 0.281. The van der Waals surface area contributed by atoms with Crippen LogP contribution in [0.5, 0.6) is 0 Å². The molecule has 4 aromatic rings. The molecule has 0 fully saturated rings. The lowest BCUT2D eigenvalue weighted by atomic mass is 10.2. The van der Waals surface area contributed by atoms with Gasteiger partial charge in [0.1, 0.15) is 11.0 Å². The van der Waals surface area contributed by atoms with Gasteiger partial charge in [-0.2, -0.15) is 4.98 Å². The standard InChI is InChI=1S/C22H21N7S/c1-4-15-6-5-7-18(12-15)29(23)21-19-20(24-14-25-21)27-22(30-19)26-17-10-8-16(9-11-17)13-28(2)3/h1,5-12,14H,13,23H2,2-3H3,(H,24,25,26,27). The van der Waals surface area contributed by atoms with E-state index in [2.05, 4.69) is 57.3 Å². The van der Waals surface area contributed by atoms with E-state index >= 15 is 0 Å². The Balaban J connectivity index is 1.61. The molecule has 0 aliphatic rings. The highest BCUT2D eigenvalue weighted by atomic mass is 32.1. The van der Waals surface area contributed by atoms with Crippen molar-refractivity contribution in [3.63, 3.8) is 0 Å². The molecule has 0 spiro atoms. The summed E-state index contributed by atoms with van der Waals surface area (Å²) in [6.07, 6.45) is 6.96. The minimum atomic E-state index is 0.570. The molecule has 3 N–H and O–H groups in total. The molecule has 0 radical (unpaired) electrons. The van der Waals surface area contributed by atoms with E-state index < -0.39 is 0 Å². The van der Waals surface area contributed by atoms with Crippen LogP contribution in [0.2, 0.25) is 0 Å². The first-order valence-corrected chi connectivity index (χ1v) is 10.1. The van der Waals surface area contributed by atoms with Crippen molar-refractivity contribution in [2.45, 2.75) is 6.54 Å². The molecule has 2 aromatic carbocycles. The number of benzene rings is 2. The van der Waals surface area contributed by atoms with Crippen molar-refractivity contribution in [1.82, 2.24) is 19.9 Å². The van der Waals surface area contributed by atoms with Gasteiger partial charge in [0.25, 0.3) is 0 Å². The molecule has 0 aliphatic heterocycles. The van der Waals surface area contributed by atoms with Gasteiger partial charge in [-0.15, -0.1) is 6.42 Å². The Morgan fingerprint density at radius 2 is 1.93 bits per heavy atom. The van der Waals surface area contributed by atoms with Crippen molar-refractivity contribution in [2.75, 3.05) is 24.4 Å². The number of hydrogen-bond donors (Lipinski definition) is 2. The minimum Gasteiger partial charge on any atom is -0.331 e. The number of hydrogen-bond acceptors (Lipinski definition) is 8. The summed E-state index contributed by atoms with van der Waals surface area (Å²) in [4.78, 5) is 15.4. The summed E-state index contributed by atoms with van der Waals surface area (Å²) in [5.41, 5.74) is 4.27. The Labute approximate surface area is 179 Å². The van der Waals surface area contributed by atoms with E-state index in [1.165, 1.54) is 28.2 Å². The fraction of sp³-hybridized carbons (Fsp3) is 0.136. The number of fused-ring (bicyclic) bond motifs is 1. The molecule has 4 rings (SSSR count). The number of aromatic nitrogens is 3. The van der Waals surface area contributed by atoms with Crippen LogP contribution in [0.4, 0.5) is 22.3 Å². The summed E-state index contributed by atoms with van der Waals surface area (Å²) in [7, 11) is 4.10. The molecule has 0 bridgehead atoms. The van der Waals surface area contributed by atoms with E-state index in [1.807, 2.05) is 36.4 Å². The lowest BCUT2D eigenvalue weighted by molar-refractivity contribution is 0.402. The van der Waals surface area contributed by atoms with Crippen LogP contribution in [-0.4, -0.2) is 33.9 Å². The fourth-order valence-corrected chi connectivity index (χ4v) is 3.94. The molecule has 0 aliphatic carbocycles. The molecular weight excluding hydrogens is 394 g/mol. The van der Waals surface area contributed by atoms with Gasteiger partial charge in [0.15, 0.2) is 16.6 Å². The van der Waals surface area contributed by atoms with Crippen LogP contribution in [0, 0.1) is 12.3 Å². The molecule has 2 aromatic heterocycles. The number of rotatable bonds is 6. The SMILES string of the molecule is C#Cc1cccc(N(N)c2ncnc3nc(Nc4ccc(CN(C)C)cc4)sc23)c1. The smallest absolute Gasteiger partial charge is 0.189 e. The van der Waals surface area contributed by atoms with Crippen molar-refractivity contribution in [2.24, 2.45) is 5.84 Å². The van der Waals surface area contributed by atoms with E-state index in [-0.39, 0.29) is 0 Å². The maximum Gasteiger partial charge on any atom is 0.189 e. The molecule has 0 saturated carbocycles. The van der Waals surface area contributed by atoms with Gasteiger partial charge in [0, 0.05) is 17.8 Å². The number of anilines is 4. The maximum absolute atomic E-state index is 6.35. The Kier molecular flexibility index (Phi) is 5.59. The van der Waals surface area contributed by atoms with Gasteiger partial charge < -0.3 is 10.2 Å². The predicted octanol–water partition coefficient (Wildman–Crippen LogP) is 3.88. The highest BCUT2D eigenvalue weighted by Gasteiger charge is 2.16. The summed E-state index contributed by atoms with van der Waals surface area (Å²) in [6.45, 7) is 0.896. The Morgan fingerprint density at radius 3 is 2.67 bits per heavy atom. The number of thiazole rings is 1. The summed E-state index contributed by atoms with van der Waals surface area (Å²) in [5, 5.41) is 5.56. The second kappa shape index (κ2) is 8.47. The van der Waals surface area contributed by atoms with Gasteiger partial charge in [-0.25, -0.2) is 15.8 Å². The number of nitrogens with zero attached hydrogens (tertiary/aromatic N) is 5. The van der Waals surface area contributed by atoms with E-state index in [1.54, 1.807) is 0 Å². The normalized spacial score (nSPS) is 10.9. The monoisotopic (exact) mass is 415 g/mol. The summed E-state index contributed by atoms with van der Waals surface area (Å²) in [6, 6.07) is 15.7. The van der Waals surface area contributed by atoms with Crippen LogP contribution in [0.25, 0.3) is 10.3 Å². The van der Waals surface area contributed by atoms with Gasteiger partial charge in [-0.1, -0.05) is 35.5 Å². The van der Waals surface area contributed by atoms with Crippen LogP contribution < -0.4 is 16.2 Å². The van der Waals surface area contributed by atoms with E-state index in [4.69, 9.17) is 12.3 Å². The number of terminal acetylenes is 1. The molecular formula is C22H21N7S. The lowest BCUT2D eigenvalue weighted by Crippen LogP contribution is -2.26. The molecule has 0 unspecified atom stereocenters. The average Bonchev–Trinajstić information content (AvgIpc) is 3.16. The third-order valence-electron chi connectivity index (χ3n) is 4.40. The van der Waals surface area contributed by atoms with Crippen molar-refractivity contribution in [3.05, 3.63) is 66.0 Å². The van der Waals surface area contributed by atoms with Crippen LogP contribution in [0.3, 0.4) is 0 Å². The fourth-order valence-electron chi connectivity index (χ4n) is 3.02. The Bertz CT molecular complexity index is 1210. The van der Waals surface area contributed by atoms with Gasteiger partial charge in [0.05, 0.1) is 5.69 Å². The highest BCUT2D eigenvalue weighted by molar-refractivity contribution is 7.22. The van der Waals surface area contributed by atoms with E-state index in [0.717, 1.165) is 33.3 Å². The first kappa shape index (κ1) is 19.8. The van der Waals surface area contributed by atoms with Crippen LogP contribution in [0.1, 0.15) is 11.1 Å². The molecule has 2 heterocycles. The van der Waals surface area contributed by atoms with Crippen molar-refractivity contribution >= 4 is 44.0 Å². The van der Waals surface area contributed by atoms with Gasteiger partial charge in [-0.3, -0.25) is 5.01 Å². The predicted molar refractivity (Wildman–Crippen MR) is 123 cm³/mol.